The van der Waals surface area contributed by atoms with E-state index >= 15 is 0 Å². The normalized spacial score (nSPS) is 10.8. The molecule has 4 rings (SSSR count). The fourth-order valence-corrected chi connectivity index (χ4v) is 3.37. The Bertz CT molecular complexity index is 1140. The van der Waals surface area contributed by atoms with Gasteiger partial charge in [0.1, 0.15) is 12.4 Å². The first-order chi connectivity index (χ1) is 13.7. The summed E-state index contributed by atoms with van der Waals surface area (Å²) in [6, 6.07) is 24.4. The van der Waals surface area contributed by atoms with Gasteiger partial charge in [0.25, 0.3) is 5.91 Å². The lowest BCUT2D eigenvalue weighted by Crippen LogP contribution is -2.13. The van der Waals surface area contributed by atoms with Gasteiger partial charge in [-0.05, 0) is 42.8 Å². The fraction of sp³-hybridized carbons (Fsp3) is 0.0833. The minimum absolute atomic E-state index is 0.170. The minimum atomic E-state index is -0.170. The van der Waals surface area contributed by atoms with Crippen LogP contribution in [0.2, 0.25) is 0 Å². The highest BCUT2D eigenvalue weighted by molar-refractivity contribution is 6.08. The number of ether oxygens (including phenoxy) is 1. The van der Waals surface area contributed by atoms with Crippen LogP contribution in [-0.2, 0) is 6.61 Å². The van der Waals surface area contributed by atoms with Crippen LogP contribution in [0.1, 0.15) is 32.0 Å². The first-order valence-electron chi connectivity index (χ1n) is 9.06. The van der Waals surface area contributed by atoms with Crippen molar-refractivity contribution in [1.29, 1.82) is 0 Å². The van der Waals surface area contributed by atoms with Crippen LogP contribution in [0.3, 0.4) is 0 Å². The molecule has 0 N–H and O–H groups in total. The number of aldehydes is 1. The zero-order chi connectivity index (χ0) is 19.5. The summed E-state index contributed by atoms with van der Waals surface area (Å²) in [6.45, 7) is 2.26. The van der Waals surface area contributed by atoms with Gasteiger partial charge in [-0.15, -0.1) is 0 Å². The van der Waals surface area contributed by atoms with Gasteiger partial charge in [-0.1, -0.05) is 48.5 Å². The number of benzene rings is 3. The van der Waals surface area contributed by atoms with E-state index in [0.29, 0.717) is 29.2 Å². The second kappa shape index (κ2) is 7.53. The molecule has 0 unspecified atom stereocenters. The maximum absolute atomic E-state index is 13.1. The van der Waals surface area contributed by atoms with Gasteiger partial charge >= 0.3 is 0 Å². The van der Waals surface area contributed by atoms with Gasteiger partial charge in [0.2, 0.25) is 0 Å². The van der Waals surface area contributed by atoms with E-state index < -0.39 is 0 Å². The standard InChI is InChI=1S/C24H19NO3/c1-17-22(15-26)21-9-5-6-10-23(21)25(17)24(27)19-11-13-20(14-12-19)28-16-18-7-3-2-4-8-18/h2-15H,16H2,1H3. The number of carbonyl (C=O) groups is 2. The van der Waals surface area contributed by atoms with E-state index in [1.807, 2.05) is 54.6 Å². The molecule has 4 aromatic rings. The number of fused-ring (bicyclic) bond motifs is 1. The van der Waals surface area contributed by atoms with Crippen molar-refractivity contribution in [2.75, 3.05) is 0 Å². The van der Waals surface area contributed by atoms with Crippen LogP contribution >= 0.6 is 0 Å². The molecule has 0 fully saturated rings. The van der Waals surface area contributed by atoms with Crippen molar-refractivity contribution >= 4 is 23.1 Å². The number of aromatic nitrogens is 1. The summed E-state index contributed by atoms with van der Waals surface area (Å²) < 4.78 is 7.38. The summed E-state index contributed by atoms with van der Waals surface area (Å²) in [6.07, 6.45) is 0.808. The third-order valence-corrected chi connectivity index (χ3v) is 4.83. The molecular formula is C24H19NO3. The molecule has 3 aromatic carbocycles. The Labute approximate surface area is 163 Å². The topological polar surface area (TPSA) is 48.3 Å². The first-order valence-corrected chi connectivity index (χ1v) is 9.06. The smallest absolute Gasteiger partial charge is 0.262 e. The molecule has 1 aromatic heterocycles. The minimum Gasteiger partial charge on any atom is -0.489 e. The highest BCUT2D eigenvalue weighted by Gasteiger charge is 2.19. The van der Waals surface area contributed by atoms with Crippen LogP contribution in [0.15, 0.2) is 78.9 Å². The second-order valence-electron chi connectivity index (χ2n) is 6.57. The van der Waals surface area contributed by atoms with Crippen molar-refractivity contribution in [2.45, 2.75) is 13.5 Å². The molecule has 4 nitrogen and oxygen atoms in total. The third-order valence-electron chi connectivity index (χ3n) is 4.83. The quantitative estimate of drug-likeness (QED) is 0.464. The summed E-state index contributed by atoms with van der Waals surface area (Å²) in [4.78, 5) is 24.6. The Kier molecular flexibility index (Phi) is 4.77. The van der Waals surface area contributed by atoms with Crippen molar-refractivity contribution in [1.82, 2.24) is 4.57 Å². The van der Waals surface area contributed by atoms with Crippen molar-refractivity contribution < 1.29 is 14.3 Å². The van der Waals surface area contributed by atoms with E-state index in [4.69, 9.17) is 4.74 Å². The van der Waals surface area contributed by atoms with Gasteiger partial charge in [0.15, 0.2) is 6.29 Å². The molecule has 0 bridgehead atoms. The van der Waals surface area contributed by atoms with Crippen molar-refractivity contribution in [3.63, 3.8) is 0 Å². The monoisotopic (exact) mass is 369 g/mol. The lowest BCUT2D eigenvalue weighted by Gasteiger charge is -2.09. The van der Waals surface area contributed by atoms with Crippen molar-refractivity contribution in [3.05, 3.63) is 101 Å². The molecule has 0 atom stereocenters. The van der Waals surface area contributed by atoms with E-state index in [-0.39, 0.29) is 5.91 Å². The Morgan fingerprint density at radius 3 is 2.32 bits per heavy atom. The van der Waals surface area contributed by atoms with Gasteiger partial charge in [-0.25, -0.2) is 0 Å². The molecule has 4 heteroatoms. The summed E-state index contributed by atoms with van der Waals surface area (Å²) in [5.41, 5.74) is 3.54. The molecule has 28 heavy (non-hydrogen) atoms. The van der Waals surface area contributed by atoms with E-state index in [1.165, 1.54) is 0 Å². The van der Waals surface area contributed by atoms with Gasteiger partial charge < -0.3 is 4.74 Å². The molecule has 0 aliphatic carbocycles. The molecule has 0 aliphatic rings. The number of para-hydroxylation sites is 1. The van der Waals surface area contributed by atoms with Gasteiger partial charge in [-0.3, -0.25) is 14.2 Å². The van der Waals surface area contributed by atoms with Crippen LogP contribution in [-0.4, -0.2) is 16.8 Å². The maximum atomic E-state index is 13.1. The molecule has 0 saturated heterocycles. The summed E-state index contributed by atoms with van der Waals surface area (Å²) >= 11 is 0. The summed E-state index contributed by atoms with van der Waals surface area (Å²) in [5.74, 6) is 0.527. The number of hydrogen-bond acceptors (Lipinski definition) is 3. The highest BCUT2D eigenvalue weighted by atomic mass is 16.5. The maximum Gasteiger partial charge on any atom is 0.262 e. The Morgan fingerprint density at radius 1 is 0.929 bits per heavy atom. The van der Waals surface area contributed by atoms with E-state index in [1.54, 1.807) is 35.8 Å². The number of nitrogens with zero attached hydrogens (tertiary/aromatic N) is 1. The fourth-order valence-electron chi connectivity index (χ4n) is 3.37. The molecule has 138 valence electrons. The molecule has 0 saturated carbocycles. The van der Waals surface area contributed by atoms with Crippen molar-refractivity contribution in [2.24, 2.45) is 0 Å². The lowest BCUT2D eigenvalue weighted by molar-refractivity contribution is 0.0963. The predicted molar refractivity (Wildman–Crippen MR) is 109 cm³/mol. The van der Waals surface area contributed by atoms with Crippen LogP contribution in [0, 0.1) is 6.92 Å². The van der Waals surface area contributed by atoms with Gasteiger partial charge in [0.05, 0.1) is 5.52 Å². The van der Waals surface area contributed by atoms with E-state index in [9.17, 15) is 9.59 Å². The number of hydrogen-bond donors (Lipinski definition) is 0. The third kappa shape index (κ3) is 3.21. The van der Waals surface area contributed by atoms with Crippen LogP contribution in [0.25, 0.3) is 10.9 Å². The SMILES string of the molecule is Cc1c(C=O)c2ccccc2n1C(=O)c1ccc(OCc2ccccc2)cc1. The second-order valence-corrected chi connectivity index (χ2v) is 6.57. The number of rotatable bonds is 5. The van der Waals surface area contributed by atoms with E-state index in [0.717, 1.165) is 22.8 Å². The molecule has 0 aliphatic heterocycles. The molecular weight excluding hydrogens is 350 g/mol. The summed E-state index contributed by atoms with van der Waals surface area (Å²) in [7, 11) is 0. The first kappa shape index (κ1) is 17.7. The Morgan fingerprint density at radius 2 is 1.61 bits per heavy atom. The van der Waals surface area contributed by atoms with Crippen molar-refractivity contribution in [3.8, 4) is 5.75 Å². The molecule has 0 amide bonds. The Balaban J connectivity index is 1.60. The average molecular weight is 369 g/mol. The van der Waals surface area contributed by atoms with Gasteiger partial charge in [0, 0.05) is 22.2 Å². The Hall–Kier alpha value is -3.66. The summed E-state index contributed by atoms with van der Waals surface area (Å²) in [5, 5.41) is 0.783. The molecule has 0 radical (unpaired) electrons. The number of carbonyl (C=O) groups excluding carboxylic acids is 2. The highest BCUT2D eigenvalue weighted by Crippen LogP contribution is 2.26. The van der Waals surface area contributed by atoms with Crippen LogP contribution in [0.4, 0.5) is 0 Å². The van der Waals surface area contributed by atoms with Crippen LogP contribution < -0.4 is 4.74 Å². The van der Waals surface area contributed by atoms with E-state index in [2.05, 4.69) is 0 Å². The van der Waals surface area contributed by atoms with Gasteiger partial charge in [-0.2, -0.15) is 0 Å². The largest absolute Gasteiger partial charge is 0.489 e. The lowest BCUT2D eigenvalue weighted by atomic mass is 10.1. The predicted octanol–water partition coefficient (Wildman–Crippen LogP) is 5.03. The zero-order valence-electron chi connectivity index (χ0n) is 15.5. The zero-order valence-corrected chi connectivity index (χ0v) is 15.5. The van der Waals surface area contributed by atoms with Crippen LogP contribution in [0.5, 0.6) is 5.75 Å². The molecule has 1 heterocycles. The molecule has 0 spiro atoms. The average Bonchev–Trinajstić information content (AvgIpc) is 3.04.